The number of benzene rings is 1. The van der Waals surface area contributed by atoms with E-state index >= 15 is 0 Å². The summed E-state index contributed by atoms with van der Waals surface area (Å²) in [5.41, 5.74) is 10.6. The molecule has 1 amide bonds. The van der Waals surface area contributed by atoms with Crippen molar-refractivity contribution in [2.45, 2.75) is 19.4 Å². The Morgan fingerprint density at radius 1 is 1.17 bits per heavy atom. The molecule has 1 aliphatic heterocycles. The lowest BCUT2D eigenvalue weighted by molar-refractivity contribution is -0.347. The van der Waals surface area contributed by atoms with Crippen LogP contribution in [0.2, 0.25) is 0 Å². The minimum absolute atomic E-state index is 0.0816. The van der Waals surface area contributed by atoms with Crippen molar-refractivity contribution in [1.82, 2.24) is 19.9 Å². The topological polar surface area (TPSA) is 129 Å². The number of hydrogen-bond donors (Lipinski definition) is 4. The summed E-state index contributed by atoms with van der Waals surface area (Å²) in [7, 11) is 2.17. The number of likely N-dealkylation sites (N-methyl/N-ethyl adjacent to an activating group) is 1. The van der Waals surface area contributed by atoms with Gasteiger partial charge in [0.15, 0.2) is 12.1 Å². The highest BCUT2D eigenvalue weighted by Crippen LogP contribution is 2.45. The van der Waals surface area contributed by atoms with Crippen LogP contribution in [-0.2, 0) is 4.79 Å². The standard InChI is InChI=1S/C25H31N9O/c1-14-11-17(5-6-18(14)34-9-7-33(2)8-10-34)29-25-31-23-21(27-13-28-23)24(32-25)30-20-16-4-3-15(12-16)19(20)22(26)35/h3-6,11,13,15-16,19-20H,7-10,12H2,1-2H3,(H2,26,35)(H3,27,28,29,30,31,32)/p+1. The number of carbonyl (C=O) groups is 1. The summed E-state index contributed by atoms with van der Waals surface area (Å²) >= 11 is 0. The lowest BCUT2D eigenvalue weighted by Gasteiger charge is -2.35. The lowest BCUT2D eigenvalue weighted by Crippen LogP contribution is -2.44. The first-order chi connectivity index (χ1) is 17.0. The first kappa shape index (κ1) is 21.8. The largest absolute Gasteiger partial charge is 0.369 e. The van der Waals surface area contributed by atoms with Gasteiger partial charge in [0, 0.05) is 43.6 Å². The van der Waals surface area contributed by atoms with Gasteiger partial charge in [0.2, 0.25) is 11.4 Å². The monoisotopic (exact) mass is 474 g/mol. The number of nitrogens with two attached hydrogens (primary N) is 1. The number of aromatic nitrogens is 4. The fourth-order valence-corrected chi connectivity index (χ4v) is 5.87. The first-order valence-corrected chi connectivity index (χ1v) is 12.3. The molecule has 2 fully saturated rings. The van der Waals surface area contributed by atoms with Gasteiger partial charge in [0.05, 0.1) is 5.92 Å². The fourth-order valence-electron chi connectivity index (χ4n) is 5.87. The van der Waals surface area contributed by atoms with Gasteiger partial charge in [-0.05, 0) is 56.0 Å². The minimum atomic E-state index is -0.267. The Morgan fingerprint density at radius 2 is 1.97 bits per heavy atom. The molecular formula is C25H32N9O+. The predicted molar refractivity (Wildman–Crippen MR) is 135 cm³/mol. The van der Waals surface area contributed by atoms with Crippen molar-refractivity contribution in [1.29, 1.82) is 0 Å². The van der Waals surface area contributed by atoms with Crippen molar-refractivity contribution < 1.29 is 9.78 Å². The van der Waals surface area contributed by atoms with E-state index in [1.807, 2.05) is 0 Å². The maximum absolute atomic E-state index is 12.2. The van der Waals surface area contributed by atoms with Gasteiger partial charge >= 0.3 is 11.6 Å². The van der Waals surface area contributed by atoms with Crippen molar-refractivity contribution in [2.75, 3.05) is 48.8 Å². The number of anilines is 4. The Morgan fingerprint density at radius 3 is 2.74 bits per heavy atom. The molecule has 1 saturated heterocycles. The average Bonchev–Trinajstić information content (AvgIpc) is 3.56. The molecule has 35 heavy (non-hydrogen) atoms. The molecule has 1 saturated carbocycles. The van der Waals surface area contributed by atoms with Gasteiger partial charge in [-0.1, -0.05) is 17.1 Å². The maximum Gasteiger partial charge on any atom is 0.307 e. The van der Waals surface area contributed by atoms with Crippen LogP contribution in [0.1, 0.15) is 12.0 Å². The number of primary amides is 1. The number of aromatic amines is 2. The van der Waals surface area contributed by atoms with Crippen molar-refractivity contribution in [3.05, 3.63) is 42.2 Å². The quantitative estimate of drug-likeness (QED) is 0.400. The molecule has 2 aliphatic carbocycles. The molecular weight excluding hydrogens is 442 g/mol. The summed E-state index contributed by atoms with van der Waals surface area (Å²) in [4.78, 5) is 32.7. The summed E-state index contributed by atoms with van der Waals surface area (Å²) in [6.45, 7) is 6.36. The number of nitrogens with one attached hydrogen (secondary N) is 4. The number of H-pyrrole nitrogens is 2. The summed E-state index contributed by atoms with van der Waals surface area (Å²) in [5, 5.41) is 6.89. The van der Waals surface area contributed by atoms with Crippen LogP contribution in [0.25, 0.3) is 11.2 Å². The van der Waals surface area contributed by atoms with Crippen LogP contribution < -0.4 is 26.3 Å². The molecule has 182 valence electrons. The van der Waals surface area contributed by atoms with Gasteiger partial charge in [-0.2, -0.15) is 4.98 Å². The number of fused-ring (bicyclic) bond motifs is 3. The summed E-state index contributed by atoms with van der Waals surface area (Å²) < 4.78 is 0. The van der Waals surface area contributed by atoms with E-state index in [1.54, 1.807) is 6.33 Å². The molecule has 0 radical (unpaired) electrons. The molecule has 0 spiro atoms. The summed E-state index contributed by atoms with van der Waals surface area (Å²) in [6, 6.07) is 6.30. The highest BCUT2D eigenvalue weighted by Gasteiger charge is 2.48. The molecule has 3 aromatic rings. The zero-order valence-corrected chi connectivity index (χ0v) is 20.1. The minimum Gasteiger partial charge on any atom is -0.369 e. The van der Waals surface area contributed by atoms with E-state index in [2.05, 4.69) is 79.7 Å². The highest BCUT2D eigenvalue weighted by atomic mass is 16.1. The van der Waals surface area contributed by atoms with Gasteiger partial charge in [0.25, 0.3) is 0 Å². The lowest BCUT2D eigenvalue weighted by atomic mass is 9.88. The third kappa shape index (κ3) is 3.97. The van der Waals surface area contributed by atoms with Crippen LogP contribution in [0.15, 0.2) is 36.7 Å². The molecule has 6 rings (SSSR count). The molecule has 1 aromatic carbocycles. The van der Waals surface area contributed by atoms with E-state index in [9.17, 15) is 4.79 Å². The second-order valence-electron chi connectivity index (χ2n) is 10.0. The van der Waals surface area contributed by atoms with E-state index in [0.29, 0.717) is 17.4 Å². The van der Waals surface area contributed by atoms with Crippen molar-refractivity contribution in [2.24, 2.45) is 23.5 Å². The SMILES string of the molecule is Cc1cc(Nc2nc(NC3C4C=CC(C4)C3C(N)=O)c3[nH]c[nH+]c3n2)ccc1N1CCN(C)CC1. The van der Waals surface area contributed by atoms with Gasteiger partial charge < -0.3 is 26.2 Å². The second kappa shape index (κ2) is 8.53. The third-order valence-corrected chi connectivity index (χ3v) is 7.72. The van der Waals surface area contributed by atoms with Crippen LogP contribution >= 0.6 is 0 Å². The van der Waals surface area contributed by atoms with E-state index in [-0.39, 0.29) is 29.7 Å². The van der Waals surface area contributed by atoms with Gasteiger partial charge in [0.1, 0.15) is 0 Å². The van der Waals surface area contributed by atoms with Crippen LogP contribution in [0.5, 0.6) is 0 Å². The molecule has 2 aromatic heterocycles. The van der Waals surface area contributed by atoms with Crippen LogP contribution in [0, 0.1) is 24.7 Å². The number of allylic oxidation sites excluding steroid dienone is 1. The normalized spacial score (nSPS) is 25.9. The van der Waals surface area contributed by atoms with Crippen molar-refractivity contribution in [3.63, 3.8) is 0 Å². The van der Waals surface area contributed by atoms with Gasteiger partial charge in [-0.3, -0.25) is 9.78 Å². The summed E-state index contributed by atoms with van der Waals surface area (Å²) in [5.74, 6) is 1.09. The number of imidazole rings is 1. The Labute approximate surface area is 204 Å². The number of piperazine rings is 1. The number of aryl methyl sites for hydroxylation is 1. The molecule has 10 heteroatoms. The number of rotatable bonds is 6. The molecule has 3 heterocycles. The molecule has 10 nitrogen and oxygen atoms in total. The van der Waals surface area contributed by atoms with E-state index in [1.165, 1.54) is 11.3 Å². The van der Waals surface area contributed by atoms with Gasteiger partial charge in [-0.25, -0.2) is 4.98 Å². The Kier molecular flexibility index (Phi) is 5.32. The number of amides is 1. The zero-order chi connectivity index (χ0) is 24.1. The highest BCUT2D eigenvalue weighted by molar-refractivity contribution is 5.84. The number of nitrogens with zero attached hydrogens (tertiary/aromatic N) is 4. The van der Waals surface area contributed by atoms with Gasteiger partial charge in [-0.15, -0.1) is 0 Å². The Bertz CT molecular complexity index is 1290. The molecule has 4 unspecified atom stereocenters. The van der Waals surface area contributed by atoms with Crippen LogP contribution in [0.4, 0.5) is 23.1 Å². The molecule has 6 N–H and O–H groups in total. The van der Waals surface area contributed by atoms with Crippen LogP contribution in [0.3, 0.4) is 0 Å². The average molecular weight is 475 g/mol. The van der Waals surface area contributed by atoms with Crippen LogP contribution in [-0.4, -0.2) is 65.0 Å². The zero-order valence-electron chi connectivity index (χ0n) is 20.1. The van der Waals surface area contributed by atoms with E-state index in [4.69, 9.17) is 10.7 Å². The smallest absolute Gasteiger partial charge is 0.307 e. The van der Waals surface area contributed by atoms with Crippen molar-refractivity contribution in [3.8, 4) is 0 Å². The fraction of sp³-hybridized carbons (Fsp3) is 0.440. The molecule has 3 aliphatic rings. The Balaban J connectivity index is 1.25. The number of hydrogen-bond acceptors (Lipinski definition) is 7. The summed E-state index contributed by atoms with van der Waals surface area (Å²) in [6.07, 6.45) is 6.98. The molecule has 2 bridgehead atoms. The molecule has 4 atom stereocenters. The third-order valence-electron chi connectivity index (χ3n) is 7.72. The Hall–Kier alpha value is -3.66. The first-order valence-electron chi connectivity index (χ1n) is 12.3. The van der Waals surface area contributed by atoms with E-state index < -0.39 is 0 Å². The maximum atomic E-state index is 12.2. The second-order valence-corrected chi connectivity index (χ2v) is 10.0. The van der Waals surface area contributed by atoms with E-state index in [0.717, 1.165) is 43.8 Å². The number of carbonyl (C=O) groups excluding carboxylic acids is 1. The van der Waals surface area contributed by atoms with Crippen molar-refractivity contribution >= 4 is 40.2 Å². The predicted octanol–water partition coefficient (Wildman–Crippen LogP) is 1.66.